The highest BCUT2D eigenvalue weighted by Gasteiger charge is 2.24. The van der Waals surface area contributed by atoms with Crippen LogP contribution in [0.5, 0.6) is 0 Å². The van der Waals surface area contributed by atoms with Crippen molar-refractivity contribution in [2.75, 3.05) is 12.4 Å². The molecular weight excluding hydrogens is 200 g/mol. The normalized spacial score (nSPS) is 20.1. The van der Waals surface area contributed by atoms with Gasteiger partial charge in [-0.15, -0.1) is 0 Å². The topological polar surface area (TPSA) is 41.1 Å². The summed E-state index contributed by atoms with van der Waals surface area (Å²) in [7, 11) is 1.78. The molecule has 0 aromatic heterocycles. The van der Waals surface area contributed by atoms with E-state index in [9.17, 15) is 4.79 Å². The van der Waals surface area contributed by atoms with Gasteiger partial charge in [-0.05, 0) is 37.2 Å². The first-order valence-corrected chi connectivity index (χ1v) is 4.85. The van der Waals surface area contributed by atoms with Gasteiger partial charge in [0.05, 0.1) is 6.04 Å². The third kappa shape index (κ3) is 1.61. The highest BCUT2D eigenvalue weighted by molar-refractivity contribution is 6.30. The quantitative estimate of drug-likeness (QED) is 0.736. The number of anilines is 1. The van der Waals surface area contributed by atoms with Gasteiger partial charge >= 0.3 is 0 Å². The maximum Gasteiger partial charge on any atom is 0.241 e. The van der Waals surface area contributed by atoms with E-state index in [1.165, 1.54) is 0 Å². The van der Waals surface area contributed by atoms with Crippen molar-refractivity contribution in [3.63, 3.8) is 0 Å². The second-order valence-electron chi connectivity index (χ2n) is 3.34. The van der Waals surface area contributed by atoms with Crippen molar-refractivity contribution >= 4 is 23.2 Å². The molecule has 0 spiro atoms. The number of carbonyl (C=O) groups is 1. The second-order valence-corrected chi connectivity index (χ2v) is 3.77. The van der Waals surface area contributed by atoms with E-state index in [1.807, 2.05) is 12.1 Å². The van der Waals surface area contributed by atoms with Crippen LogP contribution < -0.4 is 10.6 Å². The highest BCUT2D eigenvalue weighted by Crippen LogP contribution is 2.25. The number of nitrogens with one attached hydrogen (secondary N) is 2. The number of hydrogen-bond acceptors (Lipinski definition) is 2. The van der Waals surface area contributed by atoms with Crippen molar-refractivity contribution in [1.82, 2.24) is 5.32 Å². The predicted molar refractivity (Wildman–Crippen MR) is 56.6 cm³/mol. The Morgan fingerprint density at radius 1 is 1.57 bits per heavy atom. The first-order chi connectivity index (χ1) is 6.70. The number of benzene rings is 1. The summed E-state index contributed by atoms with van der Waals surface area (Å²) in [5, 5.41) is 6.49. The summed E-state index contributed by atoms with van der Waals surface area (Å²) in [6, 6.07) is 5.35. The molecule has 0 radical (unpaired) electrons. The van der Waals surface area contributed by atoms with Gasteiger partial charge in [0.1, 0.15) is 0 Å². The number of halogens is 1. The molecule has 0 aliphatic carbocycles. The van der Waals surface area contributed by atoms with Crippen molar-refractivity contribution in [1.29, 1.82) is 0 Å². The Balaban J connectivity index is 2.36. The number of rotatable bonds is 1. The fourth-order valence-corrected chi connectivity index (χ4v) is 1.81. The number of fused-ring (bicyclic) bond motifs is 1. The summed E-state index contributed by atoms with van der Waals surface area (Å²) in [6.07, 6.45) is 0.693. The van der Waals surface area contributed by atoms with Gasteiger partial charge in [0.25, 0.3) is 0 Å². The maximum atomic E-state index is 11.5. The lowest BCUT2D eigenvalue weighted by Crippen LogP contribution is -2.43. The highest BCUT2D eigenvalue weighted by atomic mass is 35.5. The van der Waals surface area contributed by atoms with E-state index < -0.39 is 0 Å². The van der Waals surface area contributed by atoms with E-state index in [0.29, 0.717) is 11.4 Å². The molecule has 0 saturated heterocycles. The molecule has 1 aromatic rings. The average Bonchev–Trinajstić information content (AvgIpc) is 2.17. The van der Waals surface area contributed by atoms with Crippen LogP contribution in [0.15, 0.2) is 18.2 Å². The largest absolute Gasteiger partial charge is 0.324 e. The minimum atomic E-state index is -0.152. The fourth-order valence-electron chi connectivity index (χ4n) is 1.62. The Morgan fingerprint density at radius 3 is 3.07 bits per heavy atom. The first kappa shape index (κ1) is 9.49. The molecule has 14 heavy (non-hydrogen) atoms. The van der Waals surface area contributed by atoms with Crippen LogP contribution >= 0.6 is 11.6 Å². The van der Waals surface area contributed by atoms with Gasteiger partial charge in [0, 0.05) is 10.7 Å². The summed E-state index contributed by atoms with van der Waals surface area (Å²) >= 11 is 5.87. The Labute approximate surface area is 87.4 Å². The maximum absolute atomic E-state index is 11.5. The molecule has 4 heteroatoms. The van der Waals surface area contributed by atoms with Gasteiger partial charge in [0.15, 0.2) is 0 Å². The molecular formula is C10H11ClN2O. The van der Waals surface area contributed by atoms with Crippen molar-refractivity contribution in [3.05, 3.63) is 28.8 Å². The third-order valence-corrected chi connectivity index (χ3v) is 2.65. The van der Waals surface area contributed by atoms with Crippen molar-refractivity contribution in [3.8, 4) is 0 Å². The Kier molecular flexibility index (Phi) is 2.44. The molecule has 1 aliphatic rings. The summed E-state index contributed by atoms with van der Waals surface area (Å²) in [6.45, 7) is 0. The molecule has 0 saturated carbocycles. The molecule has 1 atom stereocenters. The standard InChI is InChI=1S/C10H11ClN2O/c1-12-9-5-6-4-7(11)2-3-8(6)13-10(9)14/h2-4,9,12H,5H2,1H3,(H,13,14). The third-order valence-electron chi connectivity index (χ3n) is 2.41. The van der Waals surface area contributed by atoms with Gasteiger partial charge in [0.2, 0.25) is 5.91 Å². The molecule has 74 valence electrons. The molecule has 0 fully saturated rings. The summed E-state index contributed by atoms with van der Waals surface area (Å²) in [5.41, 5.74) is 1.95. The van der Waals surface area contributed by atoms with Gasteiger partial charge in [-0.2, -0.15) is 0 Å². The van der Waals surface area contributed by atoms with E-state index in [1.54, 1.807) is 13.1 Å². The van der Waals surface area contributed by atoms with E-state index in [-0.39, 0.29) is 11.9 Å². The lowest BCUT2D eigenvalue weighted by atomic mass is 9.99. The van der Waals surface area contributed by atoms with Crippen LogP contribution in [-0.4, -0.2) is 19.0 Å². The van der Waals surface area contributed by atoms with Gasteiger partial charge < -0.3 is 10.6 Å². The molecule has 2 N–H and O–H groups in total. The lowest BCUT2D eigenvalue weighted by molar-refractivity contribution is -0.118. The SMILES string of the molecule is CNC1Cc2cc(Cl)ccc2NC1=O. The van der Waals surface area contributed by atoms with E-state index in [0.717, 1.165) is 11.3 Å². The first-order valence-electron chi connectivity index (χ1n) is 4.47. The van der Waals surface area contributed by atoms with Crippen molar-refractivity contribution in [2.45, 2.75) is 12.5 Å². The smallest absolute Gasteiger partial charge is 0.241 e. The van der Waals surface area contributed by atoms with Crippen LogP contribution in [0.25, 0.3) is 0 Å². The Morgan fingerprint density at radius 2 is 2.36 bits per heavy atom. The van der Waals surface area contributed by atoms with Crippen LogP contribution in [0.3, 0.4) is 0 Å². The van der Waals surface area contributed by atoms with E-state index >= 15 is 0 Å². The zero-order chi connectivity index (χ0) is 10.1. The lowest BCUT2D eigenvalue weighted by Gasteiger charge is -2.24. The second kappa shape index (κ2) is 3.59. The van der Waals surface area contributed by atoms with Crippen LogP contribution in [0.1, 0.15) is 5.56 Å². The number of likely N-dealkylation sites (N-methyl/N-ethyl adjacent to an activating group) is 1. The Hall–Kier alpha value is -1.06. The summed E-state index contributed by atoms with van der Waals surface area (Å²) < 4.78 is 0. The molecule has 1 amide bonds. The predicted octanol–water partition coefficient (Wildman–Crippen LogP) is 1.42. The van der Waals surface area contributed by atoms with Gasteiger partial charge in [-0.3, -0.25) is 4.79 Å². The molecule has 0 bridgehead atoms. The van der Waals surface area contributed by atoms with Gasteiger partial charge in [-0.25, -0.2) is 0 Å². The molecule has 1 heterocycles. The number of carbonyl (C=O) groups excluding carboxylic acids is 1. The van der Waals surface area contributed by atoms with Crippen molar-refractivity contribution < 1.29 is 4.79 Å². The zero-order valence-corrected chi connectivity index (χ0v) is 8.56. The minimum Gasteiger partial charge on any atom is -0.324 e. The number of hydrogen-bond donors (Lipinski definition) is 2. The van der Waals surface area contributed by atoms with E-state index in [4.69, 9.17) is 11.6 Å². The van der Waals surface area contributed by atoms with Crippen LogP contribution in [0.2, 0.25) is 5.02 Å². The van der Waals surface area contributed by atoms with Crippen LogP contribution in [0.4, 0.5) is 5.69 Å². The van der Waals surface area contributed by atoms with E-state index in [2.05, 4.69) is 10.6 Å². The molecule has 2 rings (SSSR count). The average molecular weight is 211 g/mol. The zero-order valence-electron chi connectivity index (χ0n) is 7.80. The fraction of sp³-hybridized carbons (Fsp3) is 0.300. The molecule has 1 aliphatic heterocycles. The van der Waals surface area contributed by atoms with Crippen LogP contribution in [0, 0.1) is 0 Å². The summed E-state index contributed by atoms with van der Waals surface area (Å²) in [5.74, 6) is 0.0160. The minimum absolute atomic E-state index is 0.0160. The number of amides is 1. The monoisotopic (exact) mass is 210 g/mol. The Bertz CT molecular complexity index is 378. The van der Waals surface area contributed by atoms with Crippen molar-refractivity contribution in [2.24, 2.45) is 0 Å². The molecule has 3 nitrogen and oxygen atoms in total. The molecule has 1 aromatic carbocycles. The van der Waals surface area contributed by atoms with Gasteiger partial charge in [-0.1, -0.05) is 11.6 Å². The van der Waals surface area contributed by atoms with Crippen LogP contribution in [-0.2, 0) is 11.2 Å². The summed E-state index contributed by atoms with van der Waals surface area (Å²) in [4.78, 5) is 11.5. The molecule has 1 unspecified atom stereocenters.